The van der Waals surface area contributed by atoms with Crippen molar-refractivity contribution in [1.82, 2.24) is 14.8 Å². The van der Waals surface area contributed by atoms with E-state index in [9.17, 15) is 5.11 Å². The number of halogens is 3. The Morgan fingerprint density at radius 2 is 1.79 bits per heavy atom. The van der Waals surface area contributed by atoms with Gasteiger partial charge in [0, 0.05) is 11.5 Å². The van der Waals surface area contributed by atoms with Gasteiger partial charge in [0.15, 0.2) is 0 Å². The number of hydrogen-bond donors (Lipinski definition) is 1. The molecule has 3 unspecified atom stereocenters. The number of rotatable bonds is 4. The maximum Gasteiger partial charge on any atom is 0.216 e. The van der Waals surface area contributed by atoms with E-state index in [1.54, 1.807) is 36.9 Å². The maximum absolute atomic E-state index is 11.0. The van der Waals surface area contributed by atoms with Gasteiger partial charge in [-0.2, -0.15) is 0 Å². The number of nitrogens with zero attached hydrogens (tertiary/aromatic N) is 3. The summed E-state index contributed by atoms with van der Waals surface area (Å²) in [5, 5.41) is 18.8. The molecule has 0 radical (unpaired) electrons. The van der Waals surface area contributed by atoms with E-state index in [4.69, 9.17) is 34.8 Å². The molecule has 3 rings (SSSR count). The Morgan fingerprint density at radius 1 is 1.12 bits per heavy atom. The van der Waals surface area contributed by atoms with Gasteiger partial charge in [-0.05, 0) is 24.8 Å². The summed E-state index contributed by atoms with van der Waals surface area (Å²) in [4.78, 5) is 0. The average molecular weight is 387 g/mol. The molecule has 7 heteroatoms. The highest BCUT2D eigenvalue weighted by Gasteiger charge is 2.31. The van der Waals surface area contributed by atoms with Crippen LogP contribution >= 0.6 is 34.8 Å². The lowest BCUT2D eigenvalue weighted by Gasteiger charge is -2.31. The first-order valence-corrected chi connectivity index (χ1v) is 8.96. The molecule has 1 heterocycles. The smallest absolute Gasteiger partial charge is 0.216 e. The zero-order valence-electron chi connectivity index (χ0n) is 12.9. The second-order valence-corrected chi connectivity index (χ2v) is 8.27. The predicted molar refractivity (Wildman–Crippen MR) is 96.2 cm³/mol. The Hall–Kier alpha value is -1.07. The van der Waals surface area contributed by atoms with Gasteiger partial charge in [-0.25, -0.2) is 0 Å². The standard InChI is InChI=1S/C17H18Cl3N3O/c18-17(19,20)14-8-6-13(7-9-14)16(24)15(23-10-21-22-11-23)12-4-2-1-3-5-12/h2,4,6-12,15-16,24H,1,3,5H2. The molecule has 128 valence electrons. The molecule has 0 aliphatic heterocycles. The van der Waals surface area contributed by atoms with Gasteiger partial charge >= 0.3 is 0 Å². The fourth-order valence-corrected chi connectivity index (χ4v) is 3.55. The molecular weight excluding hydrogens is 369 g/mol. The van der Waals surface area contributed by atoms with Crippen LogP contribution < -0.4 is 0 Å². The number of alkyl halides is 3. The first-order chi connectivity index (χ1) is 11.5. The molecule has 0 spiro atoms. The summed E-state index contributed by atoms with van der Waals surface area (Å²) < 4.78 is 0.400. The molecule has 0 amide bonds. The largest absolute Gasteiger partial charge is 0.386 e. The fourth-order valence-electron chi connectivity index (χ4n) is 3.17. The van der Waals surface area contributed by atoms with Crippen molar-refractivity contribution in [1.29, 1.82) is 0 Å². The zero-order valence-corrected chi connectivity index (χ0v) is 15.2. The van der Waals surface area contributed by atoms with E-state index in [1.165, 1.54) is 0 Å². The average Bonchev–Trinajstić information content (AvgIpc) is 3.09. The van der Waals surface area contributed by atoms with E-state index in [1.807, 2.05) is 4.57 Å². The molecule has 0 fully saturated rings. The third-order valence-corrected chi connectivity index (χ3v) is 5.07. The minimum Gasteiger partial charge on any atom is -0.386 e. The molecule has 1 aliphatic rings. The minimum atomic E-state index is -1.47. The quantitative estimate of drug-likeness (QED) is 0.610. The first kappa shape index (κ1) is 17.7. The fraction of sp³-hybridized carbons (Fsp3) is 0.412. The van der Waals surface area contributed by atoms with Gasteiger partial charge in [-0.1, -0.05) is 71.2 Å². The summed E-state index contributed by atoms with van der Waals surface area (Å²) in [6, 6.07) is 6.88. The SMILES string of the molecule is OC(c1ccc(C(Cl)(Cl)Cl)cc1)C(C1C=CCCC1)n1cnnc1. The van der Waals surface area contributed by atoms with Crippen LogP contribution in [0.3, 0.4) is 0 Å². The second kappa shape index (κ2) is 7.44. The number of benzene rings is 1. The molecule has 24 heavy (non-hydrogen) atoms. The zero-order chi connectivity index (χ0) is 17.2. The van der Waals surface area contributed by atoms with Crippen LogP contribution in [0.2, 0.25) is 0 Å². The Balaban J connectivity index is 1.89. The summed E-state index contributed by atoms with van der Waals surface area (Å²) in [5.41, 5.74) is 1.34. The van der Waals surface area contributed by atoms with E-state index in [0.29, 0.717) is 5.56 Å². The summed E-state index contributed by atoms with van der Waals surface area (Å²) in [7, 11) is 0. The van der Waals surface area contributed by atoms with Crippen molar-refractivity contribution in [3.63, 3.8) is 0 Å². The molecule has 4 nitrogen and oxygen atoms in total. The topological polar surface area (TPSA) is 50.9 Å². The summed E-state index contributed by atoms with van der Waals surface area (Å²) in [5.74, 6) is 0.220. The normalized spacial score (nSPS) is 20.8. The number of hydrogen-bond acceptors (Lipinski definition) is 3. The molecule has 1 aromatic carbocycles. The molecule has 1 N–H and O–H groups in total. The van der Waals surface area contributed by atoms with Crippen molar-refractivity contribution >= 4 is 34.8 Å². The van der Waals surface area contributed by atoms with Gasteiger partial charge in [0.25, 0.3) is 0 Å². The Morgan fingerprint density at radius 3 is 2.33 bits per heavy atom. The van der Waals surface area contributed by atoms with Gasteiger partial charge in [0.05, 0.1) is 6.04 Å². The predicted octanol–water partition coefficient (Wildman–Crippen LogP) is 4.74. The Kier molecular flexibility index (Phi) is 5.50. The van der Waals surface area contributed by atoms with Crippen LogP contribution in [-0.4, -0.2) is 19.9 Å². The van der Waals surface area contributed by atoms with Gasteiger partial charge in [-0.3, -0.25) is 0 Å². The Bertz CT molecular complexity index is 680. The third kappa shape index (κ3) is 3.94. The molecule has 1 aliphatic carbocycles. The lowest BCUT2D eigenvalue weighted by atomic mass is 9.84. The van der Waals surface area contributed by atoms with E-state index < -0.39 is 9.90 Å². The lowest BCUT2D eigenvalue weighted by molar-refractivity contribution is 0.0855. The van der Waals surface area contributed by atoms with Crippen LogP contribution in [0.1, 0.15) is 42.5 Å². The monoisotopic (exact) mass is 385 g/mol. The van der Waals surface area contributed by atoms with Crippen molar-refractivity contribution < 1.29 is 5.11 Å². The Labute approximate surface area is 156 Å². The molecule has 0 saturated heterocycles. The highest BCUT2D eigenvalue weighted by atomic mass is 35.6. The van der Waals surface area contributed by atoms with Crippen LogP contribution in [0.5, 0.6) is 0 Å². The second-order valence-electron chi connectivity index (χ2n) is 5.99. The van der Waals surface area contributed by atoms with Gasteiger partial charge < -0.3 is 9.67 Å². The number of aliphatic hydroxyl groups is 1. The van der Waals surface area contributed by atoms with Crippen molar-refractivity contribution in [3.05, 3.63) is 60.2 Å². The molecule has 1 aromatic heterocycles. The van der Waals surface area contributed by atoms with Gasteiger partial charge in [0.1, 0.15) is 18.8 Å². The van der Waals surface area contributed by atoms with Crippen molar-refractivity contribution in [2.45, 2.75) is 35.2 Å². The van der Waals surface area contributed by atoms with Crippen LogP contribution in [-0.2, 0) is 3.79 Å². The maximum atomic E-state index is 11.0. The van der Waals surface area contributed by atoms with Crippen molar-refractivity contribution in [2.24, 2.45) is 5.92 Å². The van der Waals surface area contributed by atoms with Gasteiger partial charge in [0.2, 0.25) is 3.79 Å². The highest BCUT2D eigenvalue weighted by Crippen LogP contribution is 2.40. The van der Waals surface area contributed by atoms with Crippen LogP contribution in [0.25, 0.3) is 0 Å². The van der Waals surface area contributed by atoms with Crippen LogP contribution in [0, 0.1) is 5.92 Å². The van der Waals surface area contributed by atoms with Crippen molar-refractivity contribution in [2.75, 3.05) is 0 Å². The number of allylic oxidation sites excluding steroid dienone is 2. The summed E-state index contributed by atoms with van der Waals surface area (Å²) >= 11 is 17.7. The van der Waals surface area contributed by atoms with E-state index in [-0.39, 0.29) is 12.0 Å². The van der Waals surface area contributed by atoms with Gasteiger partial charge in [-0.15, -0.1) is 10.2 Å². The molecule has 3 atom stereocenters. The lowest BCUT2D eigenvalue weighted by Crippen LogP contribution is -2.25. The molecule has 0 bridgehead atoms. The van der Waals surface area contributed by atoms with E-state index in [0.717, 1.165) is 24.8 Å². The first-order valence-electron chi connectivity index (χ1n) is 7.83. The summed E-state index contributed by atoms with van der Waals surface area (Å²) in [6.07, 6.45) is 10.1. The van der Waals surface area contributed by atoms with E-state index in [2.05, 4.69) is 22.3 Å². The van der Waals surface area contributed by atoms with Crippen LogP contribution in [0.15, 0.2) is 49.1 Å². The molecule has 0 saturated carbocycles. The highest BCUT2D eigenvalue weighted by molar-refractivity contribution is 6.66. The summed E-state index contributed by atoms with van der Waals surface area (Å²) in [6.45, 7) is 0. The van der Waals surface area contributed by atoms with Crippen molar-refractivity contribution in [3.8, 4) is 0 Å². The molecular formula is C17H18Cl3N3O. The molecule has 2 aromatic rings. The minimum absolute atomic E-state index is 0.171. The van der Waals surface area contributed by atoms with E-state index >= 15 is 0 Å². The third-order valence-electron chi connectivity index (χ3n) is 4.41. The van der Waals surface area contributed by atoms with Crippen LogP contribution in [0.4, 0.5) is 0 Å². The number of aromatic nitrogens is 3. The number of aliphatic hydroxyl groups excluding tert-OH is 1.